The summed E-state index contributed by atoms with van der Waals surface area (Å²) in [7, 11) is 2.00. The summed E-state index contributed by atoms with van der Waals surface area (Å²) in [5.41, 5.74) is 8.68. The third kappa shape index (κ3) is 3.33. The molecule has 102 valence electrons. The van der Waals surface area contributed by atoms with Crippen molar-refractivity contribution in [1.82, 2.24) is 5.32 Å². The highest BCUT2D eigenvalue weighted by molar-refractivity contribution is 5.28. The molecule has 2 atom stereocenters. The zero-order chi connectivity index (χ0) is 13.8. The standard InChI is InChI=1S/C16H28N2/c1-6-12(2)13-7-9-14(10-8-13)15(18-5)16(3,4)11-17/h7-10,12,15,18H,6,11,17H2,1-5H3. The highest BCUT2D eigenvalue weighted by Gasteiger charge is 2.28. The van der Waals surface area contributed by atoms with Gasteiger partial charge in [-0.2, -0.15) is 0 Å². The Morgan fingerprint density at radius 1 is 1.17 bits per heavy atom. The smallest absolute Gasteiger partial charge is 0.0381 e. The van der Waals surface area contributed by atoms with Crippen molar-refractivity contribution in [3.8, 4) is 0 Å². The molecule has 0 amide bonds. The highest BCUT2D eigenvalue weighted by atomic mass is 14.9. The Balaban J connectivity index is 2.95. The molecule has 18 heavy (non-hydrogen) atoms. The van der Waals surface area contributed by atoms with Gasteiger partial charge in [-0.15, -0.1) is 0 Å². The van der Waals surface area contributed by atoms with Gasteiger partial charge in [-0.05, 0) is 42.5 Å². The Kier molecular flexibility index (Phi) is 5.36. The normalized spacial score (nSPS) is 15.4. The molecule has 1 aromatic carbocycles. The molecular weight excluding hydrogens is 220 g/mol. The first-order valence-corrected chi connectivity index (χ1v) is 6.93. The van der Waals surface area contributed by atoms with Crippen LogP contribution in [0.1, 0.15) is 57.2 Å². The predicted octanol–water partition coefficient (Wildman–Crippen LogP) is 3.45. The maximum Gasteiger partial charge on any atom is 0.0381 e. The molecular formula is C16H28N2. The molecule has 0 radical (unpaired) electrons. The second kappa shape index (κ2) is 6.35. The summed E-state index contributed by atoms with van der Waals surface area (Å²) in [6.07, 6.45) is 1.18. The Morgan fingerprint density at radius 2 is 1.67 bits per heavy atom. The van der Waals surface area contributed by atoms with Crippen molar-refractivity contribution in [3.63, 3.8) is 0 Å². The van der Waals surface area contributed by atoms with Gasteiger partial charge in [0.05, 0.1) is 0 Å². The lowest BCUT2D eigenvalue weighted by molar-refractivity contribution is 0.265. The van der Waals surface area contributed by atoms with E-state index in [2.05, 4.69) is 57.3 Å². The fourth-order valence-corrected chi connectivity index (χ4v) is 2.38. The zero-order valence-corrected chi connectivity index (χ0v) is 12.5. The largest absolute Gasteiger partial charge is 0.330 e. The number of benzene rings is 1. The minimum atomic E-state index is 0.0621. The van der Waals surface area contributed by atoms with E-state index < -0.39 is 0 Å². The van der Waals surface area contributed by atoms with Crippen LogP contribution in [-0.2, 0) is 0 Å². The Hall–Kier alpha value is -0.860. The minimum Gasteiger partial charge on any atom is -0.330 e. The van der Waals surface area contributed by atoms with Gasteiger partial charge in [-0.1, -0.05) is 52.0 Å². The fourth-order valence-electron chi connectivity index (χ4n) is 2.38. The van der Waals surface area contributed by atoms with Gasteiger partial charge in [0.25, 0.3) is 0 Å². The molecule has 0 fully saturated rings. The molecule has 1 rings (SSSR count). The summed E-state index contributed by atoms with van der Waals surface area (Å²) in [6, 6.07) is 9.27. The molecule has 0 aliphatic rings. The second-order valence-corrected chi connectivity index (χ2v) is 5.89. The van der Waals surface area contributed by atoms with Crippen LogP contribution in [0.3, 0.4) is 0 Å². The molecule has 0 aromatic heterocycles. The van der Waals surface area contributed by atoms with E-state index in [-0.39, 0.29) is 5.41 Å². The summed E-state index contributed by atoms with van der Waals surface area (Å²) in [6.45, 7) is 9.58. The van der Waals surface area contributed by atoms with E-state index in [4.69, 9.17) is 5.73 Å². The van der Waals surface area contributed by atoms with E-state index in [1.807, 2.05) is 7.05 Å². The number of hydrogen-bond acceptors (Lipinski definition) is 2. The molecule has 0 aliphatic heterocycles. The van der Waals surface area contributed by atoms with Crippen LogP contribution in [0, 0.1) is 5.41 Å². The first-order chi connectivity index (χ1) is 8.46. The van der Waals surface area contributed by atoms with Crippen LogP contribution in [-0.4, -0.2) is 13.6 Å². The van der Waals surface area contributed by atoms with Crippen molar-refractivity contribution < 1.29 is 0 Å². The number of nitrogens with one attached hydrogen (secondary N) is 1. The lowest BCUT2D eigenvalue weighted by Gasteiger charge is -2.33. The van der Waals surface area contributed by atoms with E-state index in [0.717, 1.165) is 0 Å². The highest BCUT2D eigenvalue weighted by Crippen LogP contribution is 2.32. The molecule has 0 aliphatic carbocycles. The zero-order valence-electron chi connectivity index (χ0n) is 12.5. The van der Waals surface area contributed by atoms with Crippen molar-refractivity contribution in [2.24, 2.45) is 11.1 Å². The molecule has 2 unspecified atom stereocenters. The van der Waals surface area contributed by atoms with Crippen LogP contribution in [0.15, 0.2) is 24.3 Å². The number of rotatable bonds is 6. The lowest BCUT2D eigenvalue weighted by Crippen LogP contribution is -2.37. The van der Waals surface area contributed by atoms with Gasteiger partial charge in [-0.3, -0.25) is 0 Å². The van der Waals surface area contributed by atoms with Gasteiger partial charge >= 0.3 is 0 Å². The Morgan fingerprint density at radius 3 is 2.06 bits per heavy atom. The number of hydrogen-bond donors (Lipinski definition) is 2. The number of nitrogens with two attached hydrogens (primary N) is 1. The topological polar surface area (TPSA) is 38.0 Å². The lowest BCUT2D eigenvalue weighted by atomic mass is 9.80. The third-order valence-corrected chi connectivity index (χ3v) is 4.05. The molecule has 3 N–H and O–H groups in total. The Labute approximate surface area is 112 Å². The van der Waals surface area contributed by atoms with Gasteiger partial charge in [0, 0.05) is 6.04 Å². The van der Waals surface area contributed by atoms with Gasteiger partial charge in [0.2, 0.25) is 0 Å². The quantitative estimate of drug-likeness (QED) is 0.809. The van der Waals surface area contributed by atoms with Crippen LogP contribution < -0.4 is 11.1 Å². The maximum atomic E-state index is 5.88. The van der Waals surface area contributed by atoms with Crippen molar-refractivity contribution in [1.29, 1.82) is 0 Å². The first-order valence-electron chi connectivity index (χ1n) is 6.93. The first kappa shape index (κ1) is 15.2. The minimum absolute atomic E-state index is 0.0621. The van der Waals surface area contributed by atoms with Crippen LogP contribution >= 0.6 is 0 Å². The van der Waals surface area contributed by atoms with Gasteiger partial charge in [0.1, 0.15) is 0 Å². The summed E-state index contributed by atoms with van der Waals surface area (Å²) < 4.78 is 0. The average Bonchev–Trinajstić information content (AvgIpc) is 2.39. The summed E-state index contributed by atoms with van der Waals surface area (Å²) in [4.78, 5) is 0. The Bertz CT molecular complexity index is 354. The maximum absolute atomic E-state index is 5.88. The molecule has 0 saturated carbocycles. The van der Waals surface area contributed by atoms with Crippen molar-refractivity contribution in [2.45, 2.75) is 46.1 Å². The summed E-state index contributed by atoms with van der Waals surface area (Å²) >= 11 is 0. The van der Waals surface area contributed by atoms with Crippen LogP contribution in [0.5, 0.6) is 0 Å². The molecule has 2 heteroatoms. The predicted molar refractivity (Wildman–Crippen MR) is 79.8 cm³/mol. The van der Waals surface area contributed by atoms with E-state index in [9.17, 15) is 0 Å². The van der Waals surface area contributed by atoms with E-state index in [0.29, 0.717) is 18.5 Å². The molecule has 2 nitrogen and oxygen atoms in total. The van der Waals surface area contributed by atoms with Crippen LogP contribution in [0.25, 0.3) is 0 Å². The average molecular weight is 248 g/mol. The molecule has 0 heterocycles. The summed E-state index contributed by atoms with van der Waals surface area (Å²) in [5, 5.41) is 3.39. The van der Waals surface area contributed by atoms with Crippen molar-refractivity contribution in [3.05, 3.63) is 35.4 Å². The van der Waals surface area contributed by atoms with Crippen molar-refractivity contribution in [2.75, 3.05) is 13.6 Å². The van der Waals surface area contributed by atoms with E-state index in [1.54, 1.807) is 0 Å². The van der Waals surface area contributed by atoms with Gasteiger partial charge < -0.3 is 11.1 Å². The van der Waals surface area contributed by atoms with Crippen molar-refractivity contribution >= 4 is 0 Å². The monoisotopic (exact) mass is 248 g/mol. The second-order valence-electron chi connectivity index (χ2n) is 5.89. The van der Waals surface area contributed by atoms with E-state index in [1.165, 1.54) is 17.5 Å². The molecule has 0 saturated heterocycles. The summed E-state index contributed by atoms with van der Waals surface area (Å²) in [5.74, 6) is 0.634. The van der Waals surface area contributed by atoms with Gasteiger partial charge in [0.15, 0.2) is 0 Å². The van der Waals surface area contributed by atoms with Crippen LogP contribution in [0.4, 0.5) is 0 Å². The molecule has 0 bridgehead atoms. The van der Waals surface area contributed by atoms with Gasteiger partial charge in [-0.25, -0.2) is 0 Å². The van der Waals surface area contributed by atoms with Crippen LogP contribution in [0.2, 0.25) is 0 Å². The fraction of sp³-hybridized carbons (Fsp3) is 0.625. The SMILES string of the molecule is CCC(C)c1ccc(C(NC)C(C)(C)CN)cc1. The molecule has 1 aromatic rings. The third-order valence-electron chi connectivity index (χ3n) is 4.05. The molecule has 0 spiro atoms. The van der Waals surface area contributed by atoms with E-state index >= 15 is 0 Å².